The summed E-state index contributed by atoms with van der Waals surface area (Å²) in [6.07, 6.45) is 6.08. The third-order valence-electron chi connectivity index (χ3n) is 7.26. The van der Waals surface area contributed by atoms with Crippen LogP contribution in [0, 0.1) is 11.3 Å². The van der Waals surface area contributed by atoms with E-state index in [9.17, 15) is 19.6 Å². The maximum Gasteiger partial charge on any atom is 0.258 e. The lowest BCUT2D eigenvalue weighted by Crippen LogP contribution is -2.28. The molecule has 9 heteroatoms. The van der Waals surface area contributed by atoms with Crippen molar-refractivity contribution < 1.29 is 14.4 Å². The number of halogens is 1. The molecule has 8 nitrogen and oxygen atoms in total. The quantitative estimate of drug-likeness (QED) is 0.420. The number of carbonyl (C=O) groups is 3. The molecule has 0 bridgehead atoms. The zero-order valence-corrected chi connectivity index (χ0v) is 21.4. The summed E-state index contributed by atoms with van der Waals surface area (Å²) in [5, 5.41) is 15.2. The second-order valence-electron chi connectivity index (χ2n) is 9.73. The van der Waals surface area contributed by atoms with Gasteiger partial charge in [0.25, 0.3) is 11.8 Å². The van der Waals surface area contributed by atoms with Crippen molar-refractivity contribution in [3.63, 3.8) is 0 Å². The standard InChI is InChI=1S/C29H26ClN5O3/c30-22-8-10-25(32-18-22)34-28(38)23-16-19(17-31)3-9-24(23)33-27(37)20-4-6-21(7-5-20)29(11-12-29)13-15-35-14-1-2-26(35)36/h3-10,16,18H,1-2,11-15H2,(H,33,37)(H,32,34,38). The molecule has 2 aromatic carbocycles. The summed E-state index contributed by atoms with van der Waals surface area (Å²) in [6.45, 7) is 1.62. The number of nitrogens with zero attached hydrogens (tertiary/aromatic N) is 3. The minimum absolute atomic E-state index is 0.0754. The van der Waals surface area contributed by atoms with Crippen molar-refractivity contribution in [1.82, 2.24) is 9.88 Å². The van der Waals surface area contributed by atoms with Crippen LogP contribution in [0.15, 0.2) is 60.8 Å². The SMILES string of the molecule is N#Cc1ccc(NC(=O)c2ccc(C3(CCN4CCCC4=O)CC3)cc2)c(C(=O)Nc2ccc(Cl)cn2)c1. The van der Waals surface area contributed by atoms with Crippen LogP contribution >= 0.6 is 11.6 Å². The third-order valence-corrected chi connectivity index (χ3v) is 7.48. The first-order valence-electron chi connectivity index (χ1n) is 12.5. The predicted molar refractivity (Wildman–Crippen MR) is 144 cm³/mol. The molecule has 0 unspecified atom stereocenters. The third kappa shape index (κ3) is 5.53. The fourth-order valence-corrected chi connectivity index (χ4v) is 4.95. The smallest absolute Gasteiger partial charge is 0.258 e. The molecule has 2 aliphatic rings. The molecule has 1 aliphatic carbocycles. The molecule has 3 aromatic rings. The molecule has 2 N–H and O–H groups in total. The zero-order chi connectivity index (χ0) is 26.7. The van der Waals surface area contributed by atoms with Crippen molar-refractivity contribution >= 4 is 40.8 Å². The van der Waals surface area contributed by atoms with Crippen molar-refractivity contribution in [2.45, 2.75) is 37.5 Å². The van der Waals surface area contributed by atoms with Crippen LogP contribution in [0.25, 0.3) is 0 Å². The summed E-state index contributed by atoms with van der Waals surface area (Å²) in [5.74, 6) is -0.354. The Hall–Kier alpha value is -4.22. The molecule has 1 aromatic heterocycles. The van der Waals surface area contributed by atoms with Crippen molar-refractivity contribution in [1.29, 1.82) is 5.26 Å². The van der Waals surface area contributed by atoms with Crippen LogP contribution in [-0.2, 0) is 10.2 Å². The Morgan fingerprint density at radius 1 is 1.05 bits per heavy atom. The molecule has 3 amide bonds. The van der Waals surface area contributed by atoms with Gasteiger partial charge in [-0.05, 0) is 79.1 Å². The highest BCUT2D eigenvalue weighted by molar-refractivity contribution is 6.30. The Kier molecular flexibility index (Phi) is 7.12. The normalized spacial score (nSPS) is 15.6. The van der Waals surface area contributed by atoms with E-state index in [0.29, 0.717) is 17.0 Å². The Morgan fingerprint density at radius 2 is 1.84 bits per heavy atom. The number of rotatable bonds is 8. The van der Waals surface area contributed by atoms with E-state index in [1.54, 1.807) is 24.3 Å². The second-order valence-corrected chi connectivity index (χ2v) is 10.2. The Morgan fingerprint density at radius 3 is 2.47 bits per heavy atom. The zero-order valence-electron chi connectivity index (χ0n) is 20.7. The average molecular weight is 528 g/mol. The first kappa shape index (κ1) is 25.4. The van der Waals surface area contributed by atoms with E-state index in [4.69, 9.17) is 11.6 Å². The number of nitrogens with one attached hydrogen (secondary N) is 2. The van der Waals surface area contributed by atoms with Crippen LogP contribution in [0.1, 0.15) is 63.9 Å². The number of aromatic nitrogens is 1. The predicted octanol–water partition coefficient (Wildman–Crippen LogP) is 5.16. The number of nitriles is 1. The van der Waals surface area contributed by atoms with E-state index < -0.39 is 5.91 Å². The van der Waals surface area contributed by atoms with E-state index in [1.807, 2.05) is 23.1 Å². The van der Waals surface area contributed by atoms with Crippen molar-refractivity contribution in [3.8, 4) is 6.07 Å². The fraction of sp³-hybridized carbons (Fsp3) is 0.276. The van der Waals surface area contributed by atoms with E-state index >= 15 is 0 Å². The summed E-state index contributed by atoms with van der Waals surface area (Å²) in [4.78, 5) is 44.0. The fourth-order valence-electron chi connectivity index (χ4n) is 4.84. The van der Waals surface area contributed by atoms with Gasteiger partial charge >= 0.3 is 0 Å². The highest BCUT2D eigenvalue weighted by Gasteiger charge is 2.44. The Bertz CT molecular complexity index is 1430. The van der Waals surface area contributed by atoms with Gasteiger partial charge in [-0.3, -0.25) is 14.4 Å². The lowest BCUT2D eigenvalue weighted by molar-refractivity contribution is -0.127. The van der Waals surface area contributed by atoms with Gasteiger partial charge in [0.15, 0.2) is 0 Å². The maximum atomic E-state index is 13.1. The molecular weight excluding hydrogens is 502 g/mol. The van der Waals surface area contributed by atoms with Gasteiger partial charge < -0.3 is 15.5 Å². The minimum atomic E-state index is -0.519. The van der Waals surface area contributed by atoms with Crippen LogP contribution in [0.4, 0.5) is 11.5 Å². The van der Waals surface area contributed by atoms with Gasteiger partial charge in [-0.15, -0.1) is 0 Å². The van der Waals surface area contributed by atoms with Gasteiger partial charge in [0.1, 0.15) is 5.82 Å². The number of carbonyl (C=O) groups excluding carboxylic acids is 3. The molecule has 5 rings (SSSR count). The van der Waals surface area contributed by atoms with Gasteiger partial charge in [-0.2, -0.15) is 5.26 Å². The average Bonchev–Trinajstić information content (AvgIpc) is 3.62. The van der Waals surface area contributed by atoms with Crippen molar-refractivity contribution in [3.05, 3.63) is 88.1 Å². The van der Waals surface area contributed by atoms with Gasteiger partial charge in [0, 0.05) is 31.3 Å². The molecule has 1 aliphatic heterocycles. The van der Waals surface area contributed by atoms with E-state index in [1.165, 1.54) is 30.0 Å². The van der Waals surface area contributed by atoms with E-state index in [-0.39, 0.29) is 39.9 Å². The van der Waals surface area contributed by atoms with Gasteiger partial charge in [0.2, 0.25) is 5.91 Å². The van der Waals surface area contributed by atoms with Crippen LogP contribution in [-0.4, -0.2) is 40.7 Å². The van der Waals surface area contributed by atoms with Gasteiger partial charge in [-0.25, -0.2) is 4.98 Å². The molecule has 0 radical (unpaired) electrons. The lowest BCUT2D eigenvalue weighted by atomic mass is 9.91. The van der Waals surface area contributed by atoms with Gasteiger partial charge in [-0.1, -0.05) is 23.7 Å². The topological polar surface area (TPSA) is 115 Å². The summed E-state index contributed by atoms with van der Waals surface area (Å²) < 4.78 is 0. The highest BCUT2D eigenvalue weighted by atomic mass is 35.5. The summed E-state index contributed by atoms with van der Waals surface area (Å²) in [5.41, 5.74) is 2.40. The summed E-state index contributed by atoms with van der Waals surface area (Å²) in [7, 11) is 0. The number of anilines is 2. The summed E-state index contributed by atoms with van der Waals surface area (Å²) in [6, 6.07) is 17.2. The van der Waals surface area contributed by atoms with Crippen molar-refractivity contribution in [2.24, 2.45) is 0 Å². The Balaban J connectivity index is 1.28. The minimum Gasteiger partial charge on any atom is -0.343 e. The van der Waals surface area contributed by atoms with Crippen LogP contribution in [0.3, 0.4) is 0 Å². The number of likely N-dealkylation sites (tertiary alicyclic amines) is 1. The molecule has 0 spiro atoms. The largest absolute Gasteiger partial charge is 0.343 e. The van der Waals surface area contributed by atoms with E-state index in [2.05, 4.69) is 15.6 Å². The molecule has 1 saturated carbocycles. The molecule has 1 saturated heterocycles. The highest BCUT2D eigenvalue weighted by Crippen LogP contribution is 2.51. The molecule has 192 valence electrons. The molecular formula is C29H26ClN5O3. The number of amides is 3. The van der Waals surface area contributed by atoms with Crippen molar-refractivity contribution in [2.75, 3.05) is 23.7 Å². The molecule has 2 heterocycles. The van der Waals surface area contributed by atoms with Crippen LogP contribution in [0.5, 0.6) is 0 Å². The first-order chi connectivity index (χ1) is 18.4. The number of pyridine rings is 1. The number of hydrogen-bond acceptors (Lipinski definition) is 5. The first-order valence-corrected chi connectivity index (χ1v) is 12.9. The van der Waals surface area contributed by atoms with Crippen LogP contribution in [0.2, 0.25) is 5.02 Å². The molecule has 0 atom stereocenters. The molecule has 38 heavy (non-hydrogen) atoms. The number of hydrogen-bond donors (Lipinski definition) is 2. The summed E-state index contributed by atoms with van der Waals surface area (Å²) >= 11 is 5.86. The second kappa shape index (κ2) is 10.6. The maximum absolute atomic E-state index is 13.1. The monoisotopic (exact) mass is 527 g/mol. The number of benzene rings is 2. The Labute approximate surface area is 225 Å². The van der Waals surface area contributed by atoms with Crippen LogP contribution < -0.4 is 10.6 Å². The van der Waals surface area contributed by atoms with Gasteiger partial charge in [0.05, 0.1) is 27.9 Å². The van der Waals surface area contributed by atoms with E-state index in [0.717, 1.165) is 38.8 Å². The lowest BCUT2D eigenvalue weighted by Gasteiger charge is -2.21. The molecule has 2 fully saturated rings.